The fourth-order valence-electron chi connectivity index (χ4n) is 4.63. The first-order valence-electron chi connectivity index (χ1n) is 13.8. The second kappa shape index (κ2) is 14.8. The van der Waals surface area contributed by atoms with E-state index in [2.05, 4.69) is 20.9 Å². The number of primary amides is 1. The van der Waals surface area contributed by atoms with Crippen LogP contribution in [0.2, 0.25) is 0 Å². The van der Waals surface area contributed by atoms with Gasteiger partial charge in [-0.05, 0) is 48.1 Å². The molecule has 13 heteroatoms. The summed E-state index contributed by atoms with van der Waals surface area (Å²) in [6, 6.07) is 8.44. The van der Waals surface area contributed by atoms with Crippen molar-refractivity contribution in [2.75, 3.05) is 0 Å². The minimum absolute atomic E-state index is 0.00196. The molecule has 0 aliphatic heterocycles. The Hall–Kier alpha value is -4.91. The van der Waals surface area contributed by atoms with Crippen molar-refractivity contribution in [3.05, 3.63) is 65.9 Å². The number of amides is 4. The van der Waals surface area contributed by atoms with Crippen LogP contribution < -0.4 is 27.4 Å². The predicted molar refractivity (Wildman–Crippen MR) is 158 cm³/mol. The van der Waals surface area contributed by atoms with E-state index in [9.17, 15) is 34.2 Å². The van der Waals surface area contributed by atoms with E-state index in [1.165, 1.54) is 12.1 Å². The van der Waals surface area contributed by atoms with Gasteiger partial charge in [0.25, 0.3) is 0 Å². The molecule has 0 saturated carbocycles. The number of aliphatic carboxylic acids is 1. The molecule has 3 aromatic rings. The van der Waals surface area contributed by atoms with Crippen LogP contribution in [0.15, 0.2) is 54.7 Å². The summed E-state index contributed by atoms with van der Waals surface area (Å²) in [5.74, 6) is -4.61. The third-order valence-electron chi connectivity index (χ3n) is 6.82. The lowest BCUT2D eigenvalue weighted by Crippen LogP contribution is -2.58. The molecule has 4 atom stereocenters. The molecular formula is C30H38N6O7. The van der Waals surface area contributed by atoms with Crippen molar-refractivity contribution in [3.8, 4) is 5.75 Å². The number of nitrogens with two attached hydrogens (primary N) is 2. The van der Waals surface area contributed by atoms with E-state index in [1.54, 1.807) is 32.2 Å². The number of carboxylic acids is 1. The average Bonchev–Trinajstić information content (AvgIpc) is 3.35. The van der Waals surface area contributed by atoms with Crippen molar-refractivity contribution in [1.82, 2.24) is 20.9 Å². The third kappa shape index (κ3) is 9.57. The van der Waals surface area contributed by atoms with Crippen LogP contribution in [0.25, 0.3) is 10.9 Å². The average molecular weight is 595 g/mol. The van der Waals surface area contributed by atoms with Gasteiger partial charge in [-0.15, -0.1) is 0 Å². The van der Waals surface area contributed by atoms with Gasteiger partial charge < -0.3 is 42.6 Å². The van der Waals surface area contributed by atoms with Gasteiger partial charge in [0.1, 0.15) is 23.9 Å². The molecule has 0 aliphatic rings. The number of aromatic nitrogens is 1. The summed E-state index contributed by atoms with van der Waals surface area (Å²) < 4.78 is 0. The third-order valence-corrected chi connectivity index (χ3v) is 6.82. The van der Waals surface area contributed by atoms with Crippen molar-refractivity contribution in [1.29, 1.82) is 0 Å². The molecular weight excluding hydrogens is 556 g/mol. The highest BCUT2D eigenvalue weighted by Gasteiger charge is 2.32. The fourth-order valence-corrected chi connectivity index (χ4v) is 4.63. The Morgan fingerprint density at radius 2 is 1.44 bits per heavy atom. The van der Waals surface area contributed by atoms with Crippen LogP contribution in [-0.4, -0.2) is 69.0 Å². The van der Waals surface area contributed by atoms with Gasteiger partial charge in [0.05, 0.1) is 12.5 Å². The fraction of sp³-hybridized carbons (Fsp3) is 0.367. The Morgan fingerprint density at radius 1 is 0.837 bits per heavy atom. The zero-order chi connectivity index (χ0) is 31.7. The highest BCUT2D eigenvalue weighted by Crippen LogP contribution is 2.19. The molecule has 0 fully saturated rings. The molecule has 43 heavy (non-hydrogen) atoms. The summed E-state index contributed by atoms with van der Waals surface area (Å²) in [5.41, 5.74) is 13.8. The first-order chi connectivity index (χ1) is 20.3. The van der Waals surface area contributed by atoms with Gasteiger partial charge >= 0.3 is 5.97 Å². The number of carbonyl (C=O) groups is 5. The molecule has 0 radical (unpaired) electrons. The van der Waals surface area contributed by atoms with Gasteiger partial charge in [-0.2, -0.15) is 0 Å². The summed E-state index contributed by atoms with van der Waals surface area (Å²) in [4.78, 5) is 66.3. The van der Waals surface area contributed by atoms with Crippen molar-refractivity contribution >= 4 is 40.5 Å². The molecule has 1 aromatic heterocycles. The first kappa shape index (κ1) is 32.6. The molecule has 0 bridgehead atoms. The number of hydrogen-bond donors (Lipinski definition) is 8. The lowest BCUT2D eigenvalue weighted by Gasteiger charge is -2.25. The highest BCUT2D eigenvalue weighted by atomic mass is 16.4. The van der Waals surface area contributed by atoms with Crippen molar-refractivity contribution in [2.24, 2.45) is 17.4 Å². The molecule has 4 unspecified atom stereocenters. The number of carboxylic acid groups (broad SMARTS) is 1. The zero-order valence-electron chi connectivity index (χ0n) is 24.0. The van der Waals surface area contributed by atoms with E-state index in [4.69, 9.17) is 11.5 Å². The number of fused-ring (bicyclic) bond motifs is 1. The molecule has 0 saturated heterocycles. The van der Waals surface area contributed by atoms with Crippen LogP contribution in [0.1, 0.15) is 37.8 Å². The number of phenolic OH excluding ortho intramolecular Hbond substituents is 1. The molecule has 3 rings (SSSR count). The monoisotopic (exact) mass is 594 g/mol. The number of aromatic amines is 1. The number of rotatable bonds is 15. The molecule has 0 aliphatic carbocycles. The maximum Gasteiger partial charge on any atom is 0.326 e. The van der Waals surface area contributed by atoms with E-state index in [0.717, 1.165) is 16.5 Å². The lowest BCUT2D eigenvalue weighted by atomic mass is 10.0. The lowest BCUT2D eigenvalue weighted by molar-refractivity contribution is -0.143. The molecule has 4 amide bonds. The number of para-hydroxylation sites is 1. The number of hydrogen-bond acceptors (Lipinski definition) is 7. The summed E-state index contributed by atoms with van der Waals surface area (Å²) in [5, 5.41) is 27.5. The molecule has 0 spiro atoms. The zero-order valence-corrected chi connectivity index (χ0v) is 24.0. The Balaban J connectivity index is 1.79. The number of carbonyl (C=O) groups excluding carboxylic acids is 4. The molecule has 230 valence electrons. The second-order valence-corrected chi connectivity index (χ2v) is 10.9. The first-order valence-corrected chi connectivity index (χ1v) is 13.8. The van der Waals surface area contributed by atoms with E-state index in [1.807, 2.05) is 24.3 Å². The van der Waals surface area contributed by atoms with Crippen LogP contribution in [0, 0.1) is 5.92 Å². The molecule has 10 N–H and O–H groups in total. The Bertz CT molecular complexity index is 1450. The van der Waals surface area contributed by atoms with Gasteiger partial charge in [0.2, 0.25) is 23.6 Å². The van der Waals surface area contributed by atoms with Gasteiger partial charge in [-0.1, -0.05) is 44.2 Å². The van der Waals surface area contributed by atoms with Crippen molar-refractivity contribution in [3.63, 3.8) is 0 Å². The Labute approximate surface area is 248 Å². The van der Waals surface area contributed by atoms with Crippen LogP contribution in [0.3, 0.4) is 0 Å². The minimum Gasteiger partial charge on any atom is -0.508 e. The summed E-state index contributed by atoms with van der Waals surface area (Å²) in [7, 11) is 0. The highest BCUT2D eigenvalue weighted by molar-refractivity contribution is 5.96. The summed E-state index contributed by atoms with van der Waals surface area (Å²) in [6.45, 7) is 3.56. The van der Waals surface area contributed by atoms with Crippen LogP contribution in [-0.2, 0) is 36.8 Å². The number of nitrogens with one attached hydrogen (secondary N) is 4. The predicted octanol–water partition coefficient (Wildman–Crippen LogP) is 0.447. The minimum atomic E-state index is -1.50. The van der Waals surface area contributed by atoms with Crippen molar-refractivity contribution < 1.29 is 34.2 Å². The van der Waals surface area contributed by atoms with E-state index in [0.29, 0.717) is 5.56 Å². The normalized spacial score (nSPS) is 14.0. The summed E-state index contributed by atoms with van der Waals surface area (Å²) in [6.07, 6.45) is 1.39. The topological polar surface area (TPSA) is 230 Å². The Morgan fingerprint density at radius 3 is 2.07 bits per heavy atom. The number of benzene rings is 2. The Kier molecular flexibility index (Phi) is 11.2. The largest absolute Gasteiger partial charge is 0.508 e. The van der Waals surface area contributed by atoms with Gasteiger partial charge in [-0.3, -0.25) is 19.2 Å². The van der Waals surface area contributed by atoms with E-state index < -0.39 is 60.2 Å². The smallest absolute Gasteiger partial charge is 0.326 e. The van der Waals surface area contributed by atoms with Crippen LogP contribution in [0.5, 0.6) is 5.75 Å². The van der Waals surface area contributed by atoms with Gasteiger partial charge in [0, 0.05) is 23.5 Å². The van der Waals surface area contributed by atoms with Crippen molar-refractivity contribution in [2.45, 2.75) is 63.7 Å². The molecule has 2 aromatic carbocycles. The number of H-pyrrole nitrogens is 1. The maximum absolute atomic E-state index is 13.5. The van der Waals surface area contributed by atoms with Crippen LogP contribution in [0.4, 0.5) is 0 Å². The molecule has 13 nitrogen and oxygen atoms in total. The molecule has 1 heterocycles. The van der Waals surface area contributed by atoms with Gasteiger partial charge in [0.15, 0.2) is 0 Å². The van der Waals surface area contributed by atoms with Gasteiger partial charge in [-0.25, -0.2) is 4.79 Å². The summed E-state index contributed by atoms with van der Waals surface area (Å²) >= 11 is 0. The number of aromatic hydroxyl groups is 1. The van der Waals surface area contributed by atoms with E-state index >= 15 is 0 Å². The SMILES string of the molecule is CC(C)CC(NC(=O)C(CC(N)=O)NC(=O)C(Cc1ccc(O)cc1)NC(=O)C(N)Cc1c[nH]c2ccccc12)C(=O)O. The standard InChI is InChI=1S/C30H38N6O7/c1-16(2)11-25(30(42)43)36-29(41)24(14-26(32)38)35-28(40)23(12-17-7-9-19(37)10-8-17)34-27(39)21(31)13-18-15-33-22-6-4-3-5-20(18)22/h3-10,15-16,21,23-25,33,37H,11-14,31H2,1-2H3,(H2,32,38)(H,34,39)(H,35,40)(H,36,41)(H,42,43). The van der Waals surface area contributed by atoms with Crippen LogP contribution >= 0.6 is 0 Å². The van der Waals surface area contributed by atoms with E-state index in [-0.39, 0.29) is 30.9 Å². The quantitative estimate of drug-likeness (QED) is 0.123. The maximum atomic E-state index is 13.5. The number of phenols is 1. The second-order valence-electron chi connectivity index (χ2n) is 10.9.